The monoisotopic (exact) mass is 349 g/mol. The molecule has 0 aromatic carbocycles. The minimum absolute atomic E-state index is 0.190. The fraction of sp³-hybridized carbons (Fsp3) is 0.824. The molecule has 1 aromatic heterocycles. The number of likely N-dealkylation sites (tertiary alicyclic amines) is 1. The molecule has 0 radical (unpaired) electrons. The molecule has 8 heteroatoms. The van der Waals surface area contributed by atoms with Crippen molar-refractivity contribution in [3.05, 3.63) is 12.2 Å². The van der Waals surface area contributed by atoms with Crippen molar-refractivity contribution in [1.82, 2.24) is 30.3 Å². The quantitative estimate of drug-likeness (QED) is 0.576. The Kier molecular flexibility index (Phi) is 6.25. The Labute approximate surface area is 150 Å². The minimum Gasteiger partial charge on any atom is -0.381 e. The Bertz CT molecular complexity index is 559. The predicted octanol–water partition coefficient (Wildman–Crippen LogP) is 0.515. The number of hydrogen-bond donors (Lipinski definition) is 2. The number of aliphatic imine (C=N–C) groups is 1. The number of hydrogen-bond acceptors (Lipinski definition) is 5. The highest BCUT2D eigenvalue weighted by Gasteiger charge is 2.39. The number of nitrogens with zero attached hydrogens (tertiary/aromatic N) is 5. The van der Waals surface area contributed by atoms with Crippen LogP contribution in [0.15, 0.2) is 11.3 Å². The zero-order valence-electron chi connectivity index (χ0n) is 15.5. The van der Waals surface area contributed by atoms with Gasteiger partial charge in [-0.1, -0.05) is 0 Å². The van der Waals surface area contributed by atoms with Crippen LogP contribution in [0.2, 0.25) is 0 Å². The molecule has 8 nitrogen and oxygen atoms in total. The normalized spacial score (nSPS) is 21.4. The second kappa shape index (κ2) is 8.62. The summed E-state index contributed by atoms with van der Waals surface area (Å²) in [6, 6.07) is 0. The lowest BCUT2D eigenvalue weighted by molar-refractivity contribution is -0.0164. The first-order valence-corrected chi connectivity index (χ1v) is 9.41. The van der Waals surface area contributed by atoms with Crippen LogP contribution in [-0.2, 0) is 18.3 Å². The van der Waals surface area contributed by atoms with Crippen LogP contribution in [0.1, 0.15) is 38.4 Å². The molecule has 25 heavy (non-hydrogen) atoms. The van der Waals surface area contributed by atoms with Gasteiger partial charge in [0.25, 0.3) is 0 Å². The summed E-state index contributed by atoms with van der Waals surface area (Å²) in [5.74, 6) is 1.70. The molecule has 0 unspecified atom stereocenters. The van der Waals surface area contributed by atoms with Gasteiger partial charge in [0.15, 0.2) is 5.96 Å². The van der Waals surface area contributed by atoms with Crippen molar-refractivity contribution in [2.45, 2.75) is 44.7 Å². The zero-order chi connectivity index (χ0) is 17.5. The number of guanidine groups is 1. The van der Waals surface area contributed by atoms with Crippen molar-refractivity contribution in [2.75, 3.05) is 39.4 Å². The third kappa shape index (κ3) is 4.49. The van der Waals surface area contributed by atoms with Gasteiger partial charge in [-0.2, -0.15) is 5.10 Å². The van der Waals surface area contributed by atoms with E-state index in [1.54, 1.807) is 11.0 Å². The second-order valence-electron chi connectivity index (χ2n) is 6.88. The van der Waals surface area contributed by atoms with E-state index in [0.717, 1.165) is 50.9 Å². The number of rotatable bonds is 6. The fourth-order valence-corrected chi connectivity index (χ4v) is 3.75. The van der Waals surface area contributed by atoms with Gasteiger partial charge in [0, 0.05) is 38.9 Å². The van der Waals surface area contributed by atoms with Crippen molar-refractivity contribution < 1.29 is 4.74 Å². The average molecular weight is 349 g/mol. The molecule has 2 aliphatic rings. The number of ether oxygens (including phenoxy) is 1. The second-order valence-corrected chi connectivity index (χ2v) is 6.88. The molecule has 0 amide bonds. The van der Waals surface area contributed by atoms with E-state index >= 15 is 0 Å². The molecular formula is C17H31N7O. The molecule has 140 valence electrons. The Hall–Kier alpha value is -1.67. The molecule has 2 aliphatic heterocycles. The summed E-state index contributed by atoms with van der Waals surface area (Å²) in [6.45, 7) is 8.46. The van der Waals surface area contributed by atoms with Gasteiger partial charge in [-0.25, -0.2) is 9.98 Å². The molecule has 2 fully saturated rings. The van der Waals surface area contributed by atoms with Crippen molar-refractivity contribution in [2.24, 2.45) is 12.0 Å². The fourth-order valence-electron chi connectivity index (χ4n) is 3.75. The standard InChI is InChI=1S/C17H31N7O/c1-3-18-16(19-12-15-21-14-22-23(15)2)20-13-17(6-10-25-11-7-17)24-8-4-5-9-24/h14H,3-13H2,1-2H3,(H2,18,19,20). The first-order chi connectivity index (χ1) is 12.2. The van der Waals surface area contributed by atoms with Gasteiger partial charge in [-0.15, -0.1) is 0 Å². The van der Waals surface area contributed by atoms with Crippen LogP contribution in [0.3, 0.4) is 0 Å². The predicted molar refractivity (Wildman–Crippen MR) is 97.4 cm³/mol. The zero-order valence-corrected chi connectivity index (χ0v) is 15.5. The van der Waals surface area contributed by atoms with E-state index in [0.29, 0.717) is 6.54 Å². The molecule has 0 saturated carbocycles. The lowest BCUT2D eigenvalue weighted by Gasteiger charge is -2.45. The van der Waals surface area contributed by atoms with Crippen molar-refractivity contribution in [3.8, 4) is 0 Å². The highest BCUT2D eigenvalue weighted by Crippen LogP contribution is 2.30. The summed E-state index contributed by atoms with van der Waals surface area (Å²) in [7, 11) is 1.89. The van der Waals surface area contributed by atoms with Gasteiger partial charge in [-0.3, -0.25) is 9.58 Å². The molecular weight excluding hydrogens is 318 g/mol. The summed E-state index contributed by atoms with van der Waals surface area (Å²) < 4.78 is 7.39. The van der Waals surface area contributed by atoms with Crippen LogP contribution >= 0.6 is 0 Å². The first kappa shape index (κ1) is 18.1. The number of nitrogens with one attached hydrogen (secondary N) is 2. The van der Waals surface area contributed by atoms with Gasteiger partial charge in [-0.05, 0) is 45.7 Å². The van der Waals surface area contributed by atoms with E-state index in [9.17, 15) is 0 Å². The van der Waals surface area contributed by atoms with Gasteiger partial charge in [0.1, 0.15) is 18.7 Å². The smallest absolute Gasteiger partial charge is 0.191 e. The minimum atomic E-state index is 0.190. The molecule has 3 heterocycles. The maximum Gasteiger partial charge on any atom is 0.191 e. The van der Waals surface area contributed by atoms with E-state index in [1.807, 2.05) is 7.05 Å². The molecule has 2 saturated heterocycles. The maximum atomic E-state index is 5.63. The molecule has 3 rings (SSSR count). The van der Waals surface area contributed by atoms with E-state index in [-0.39, 0.29) is 5.54 Å². The lowest BCUT2D eigenvalue weighted by Crippen LogP contribution is -2.58. The summed E-state index contributed by atoms with van der Waals surface area (Å²) in [5, 5.41) is 11.0. The molecule has 0 spiro atoms. The molecule has 0 aliphatic carbocycles. The highest BCUT2D eigenvalue weighted by atomic mass is 16.5. The Balaban J connectivity index is 1.64. The van der Waals surface area contributed by atoms with Crippen LogP contribution in [0.5, 0.6) is 0 Å². The Morgan fingerprint density at radius 3 is 2.68 bits per heavy atom. The van der Waals surface area contributed by atoms with E-state index < -0.39 is 0 Å². The molecule has 0 atom stereocenters. The van der Waals surface area contributed by atoms with Gasteiger partial charge in [0.2, 0.25) is 0 Å². The molecule has 2 N–H and O–H groups in total. The van der Waals surface area contributed by atoms with E-state index in [2.05, 4.69) is 37.5 Å². The van der Waals surface area contributed by atoms with Gasteiger partial charge in [0.05, 0.1) is 0 Å². The lowest BCUT2D eigenvalue weighted by atomic mass is 9.88. The van der Waals surface area contributed by atoms with Crippen LogP contribution in [-0.4, -0.2) is 70.6 Å². The molecule has 1 aromatic rings. The SMILES string of the molecule is CCNC(=NCc1ncnn1C)NCC1(N2CCCC2)CCOCC1. The van der Waals surface area contributed by atoms with Gasteiger partial charge >= 0.3 is 0 Å². The van der Waals surface area contributed by atoms with E-state index in [4.69, 9.17) is 4.74 Å². The van der Waals surface area contributed by atoms with Crippen molar-refractivity contribution in [3.63, 3.8) is 0 Å². The highest BCUT2D eigenvalue weighted by molar-refractivity contribution is 5.79. The molecule has 0 bridgehead atoms. The van der Waals surface area contributed by atoms with Crippen molar-refractivity contribution >= 4 is 5.96 Å². The van der Waals surface area contributed by atoms with Gasteiger partial charge < -0.3 is 15.4 Å². The Morgan fingerprint density at radius 1 is 1.28 bits per heavy atom. The third-order valence-electron chi connectivity index (χ3n) is 5.31. The number of aromatic nitrogens is 3. The largest absolute Gasteiger partial charge is 0.381 e. The third-order valence-corrected chi connectivity index (χ3v) is 5.31. The average Bonchev–Trinajstić information content (AvgIpc) is 3.30. The van der Waals surface area contributed by atoms with E-state index in [1.165, 1.54) is 25.9 Å². The first-order valence-electron chi connectivity index (χ1n) is 9.41. The summed E-state index contributed by atoms with van der Waals surface area (Å²) in [6.07, 6.45) is 6.35. The van der Waals surface area contributed by atoms with Crippen LogP contribution in [0.4, 0.5) is 0 Å². The topological polar surface area (TPSA) is 79.6 Å². The van der Waals surface area contributed by atoms with Crippen LogP contribution in [0.25, 0.3) is 0 Å². The number of aryl methyl sites for hydroxylation is 1. The summed E-state index contributed by atoms with van der Waals surface area (Å²) in [5.41, 5.74) is 0.190. The Morgan fingerprint density at radius 2 is 2.04 bits per heavy atom. The summed E-state index contributed by atoms with van der Waals surface area (Å²) in [4.78, 5) is 11.6. The van der Waals surface area contributed by atoms with Crippen LogP contribution in [0, 0.1) is 0 Å². The summed E-state index contributed by atoms with van der Waals surface area (Å²) >= 11 is 0. The van der Waals surface area contributed by atoms with Crippen LogP contribution < -0.4 is 10.6 Å². The maximum absolute atomic E-state index is 5.63. The van der Waals surface area contributed by atoms with Crippen molar-refractivity contribution in [1.29, 1.82) is 0 Å².